The Labute approximate surface area is 111 Å². The molecule has 6 heteroatoms. The molecule has 1 amide bonds. The molecule has 104 valence electrons. The minimum atomic E-state index is -0.844. The molecule has 1 aromatic rings. The number of rotatable bonds is 2. The van der Waals surface area contributed by atoms with Gasteiger partial charge in [-0.25, -0.2) is 0 Å². The third kappa shape index (κ3) is 2.62. The number of carboxylic acid groups (broad SMARTS) is 1. The summed E-state index contributed by atoms with van der Waals surface area (Å²) in [6.45, 7) is 6.19. The monoisotopic (exact) mass is 266 g/mol. The van der Waals surface area contributed by atoms with E-state index in [0.29, 0.717) is 30.0 Å². The molecule has 1 aliphatic rings. The van der Waals surface area contributed by atoms with Crippen LogP contribution in [0.3, 0.4) is 0 Å². The van der Waals surface area contributed by atoms with Crippen LogP contribution < -0.4 is 0 Å². The number of likely N-dealkylation sites (tertiary alicyclic amines) is 1. The van der Waals surface area contributed by atoms with Crippen LogP contribution in [0.15, 0.2) is 4.52 Å². The van der Waals surface area contributed by atoms with Gasteiger partial charge in [0.15, 0.2) is 0 Å². The number of aromatic nitrogens is 1. The number of carbonyl (C=O) groups excluding carboxylic acids is 1. The average Bonchev–Trinajstić information content (AvgIpc) is 2.67. The lowest BCUT2D eigenvalue weighted by atomic mass is 9.90. The fraction of sp³-hybridized carbons (Fsp3) is 0.615. The van der Waals surface area contributed by atoms with Crippen LogP contribution >= 0.6 is 0 Å². The van der Waals surface area contributed by atoms with Gasteiger partial charge in [0.25, 0.3) is 5.91 Å². The lowest BCUT2D eigenvalue weighted by Gasteiger charge is -2.34. The second-order valence-electron chi connectivity index (χ2n) is 5.29. The van der Waals surface area contributed by atoms with Gasteiger partial charge < -0.3 is 14.5 Å². The Bertz CT molecular complexity index is 489. The van der Waals surface area contributed by atoms with Gasteiger partial charge in [0.05, 0.1) is 11.6 Å². The molecule has 1 aromatic heterocycles. The topological polar surface area (TPSA) is 83.6 Å². The Morgan fingerprint density at radius 2 is 2.05 bits per heavy atom. The van der Waals surface area contributed by atoms with Gasteiger partial charge in [-0.05, 0) is 26.2 Å². The van der Waals surface area contributed by atoms with Crippen LogP contribution in [0.2, 0.25) is 0 Å². The summed E-state index contributed by atoms with van der Waals surface area (Å²) in [6, 6.07) is 0. The summed E-state index contributed by atoms with van der Waals surface area (Å²) in [5, 5.41) is 12.9. The number of carbonyl (C=O) groups is 2. The van der Waals surface area contributed by atoms with Crippen LogP contribution in [-0.2, 0) is 4.79 Å². The molecule has 0 bridgehead atoms. The number of hydrogen-bond donors (Lipinski definition) is 1. The first-order valence-electron chi connectivity index (χ1n) is 6.35. The molecule has 1 aliphatic heterocycles. The largest absolute Gasteiger partial charge is 0.481 e. The lowest BCUT2D eigenvalue weighted by Crippen LogP contribution is -2.45. The van der Waals surface area contributed by atoms with E-state index < -0.39 is 11.9 Å². The van der Waals surface area contributed by atoms with E-state index in [4.69, 9.17) is 9.63 Å². The van der Waals surface area contributed by atoms with Crippen molar-refractivity contribution in [1.29, 1.82) is 0 Å². The average molecular weight is 266 g/mol. The van der Waals surface area contributed by atoms with E-state index in [1.807, 2.05) is 6.92 Å². The molecular formula is C13H18N2O4. The lowest BCUT2D eigenvalue weighted by molar-refractivity contribution is -0.143. The number of aliphatic carboxylic acids is 1. The van der Waals surface area contributed by atoms with E-state index in [-0.39, 0.29) is 18.4 Å². The fourth-order valence-electron chi connectivity index (χ4n) is 2.64. The Kier molecular flexibility index (Phi) is 3.59. The SMILES string of the molecule is Cc1noc(C)c1C(=O)N1CC(C)CC(C(=O)O)C1. The fourth-order valence-corrected chi connectivity index (χ4v) is 2.64. The Hall–Kier alpha value is -1.85. The molecule has 2 unspecified atom stereocenters. The van der Waals surface area contributed by atoms with Crippen molar-refractivity contribution >= 4 is 11.9 Å². The zero-order valence-corrected chi connectivity index (χ0v) is 11.3. The summed E-state index contributed by atoms with van der Waals surface area (Å²) in [6.07, 6.45) is 0.612. The maximum atomic E-state index is 12.4. The van der Waals surface area contributed by atoms with E-state index in [9.17, 15) is 9.59 Å². The number of nitrogens with zero attached hydrogens (tertiary/aromatic N) is 2. The molecule has 19 heavy (non-hydrogen) atoms. The summed E-state index contributed by atoms with van der Waals surface area (Å²) in [4.78, 5) is 25.2. The summed E-state index contributed by atoms with van der Waals surface area (Å²) in [5.74, 6) is -0.864. The minimum Gasteiger partial charge on any atom is -0.481 e. The highest BCUT2D eigenvalue weighted by Crippen LogP contribution is 2.24. The number of piperidine rings is 1. The number of amides is 1. The zero-order chi connectivity index (χ0) is 14.2. The molecule has 0 aliphatic carbocycles. The quantitative estimate of drug-likeness (QED) is 0.876. The minimum absolute atomic E-state index is 0.180. The third-order valence-electron chi connectivity index (χ3n) is 3.54. The highest BCUT2D eigenvalue weighted by molar-refractivity contribution is 5.96. The second kappa shape index (κ2) is 5.03. The van der Waals surface area contributed by atoms with Crippen molar-refractivity contribution in [2.24, 2.45) is 11.8 Å². The van der Waals surface area contributed by atoms with Crippen molar-refractivity contribution in [3.8, 4) is 0 Å². The van der Waals surface area contributed by atoms with Gasteiger partial charge in [-0.2, -0.15) is 0 Å². The number of hydrogen-bond acceptors (Lipinski definition) is 4. The summed E-state index contributed by atoms with van der Waals surface area (Å²) < 4.78 is 4.99. The zero-order valence-electron chi connectivity index (χ0n) is 11.3. The molecular weight excluding hydrogens is 248 g/mol. The summed E-state index contributed by atoms with van der Waals surface area (Å²) in [5.41, 5.74) is 1.01. The van der Waals surface area contributed by atoms with Crippen LogP contribution in [0.25, 0.3) is 0 Å². The second-order valence-corrected chi connectivity index (χ2v) is 5.29. The number of aryl methyl sites for hydroxylation is 2. The van der Waals surface area contributed by atoms with Crippen LogP contribution in [0, 0.1) is 25.7 Å². The van der Waals surface area contributed by atoms with E-state index in [1.54, 1.807) is 18.7 Å². The molecule has 0 saturated carbocycles. The van der Waals surface area contributed by atoms with Crippen molar-refractivity contribution in [2.45, 2.75) is 27.2 Å². The van der Waals surface area contributed by atoms with Crippen LogP contribution in [0.4, 0.5) is 0 Å². The Balaban J connectivity index is 2.21. The molecule has 2 atom stereocenters. The normalized spacial score (nSPS) is 23.4. The van der Waals surface area contributed by atoms with Crippen molar-refractivity contribution in [2.75, 3.05) is 13.1 Å². The summed E-state index contributed by atoms with van der Waals surface area (Å²) >= 11 is 0. The Morgan fingerprint density at radius 3 is 2.58 bits per heavy atom. The van der Waals surface area contributed by atoms with Gasteiger partial charge in [-0.15, -0.1) is 0 Å². The highest BCUT2D eigenvalue weighted by Gasteiger charge is 2.34. The molecule has 1 N–H and O–H groups in total. The first-order chi connectivity index (χ1) is 8.90. The summed E-state index contributed by atoms with van der Waals surface area (Å²) in [7, 11) is 0. The molecule has 1 fully saturated rings. The van der Waals surface area contributed by atoms with E-state index >= 15 is 0 Å². The van der Waals surface area contributed by atoms with Crippen molar-refractivity contribution in [3.05, 3.63) is 17.0 Å². The maximum absolute atomic E-state index is 12.4. The molecule has 0 spiro atoms. The van der Waals surface area contributed by atoms with E-state index in [0.717, 1.165) is 0 Å². The Morgan fingerprint density at radius 1 is 1.37 bits per heavy atom. The van der Waals surface area contributed by atoms with Gasteiger partial charge in [0.1, 0.15) is 11.3 Å². The molecule has 2 rings (SSSR count). The number of carboxylic acids is 1. The molecule has 0 aromatic carbocycles. The van der Waals surface area contributed by atoms with Crippen LogP contribution in [0.1, 0.15) is 35.2 Å². The predicted molar refractivity (Wildman–Crippen MR) is 66.8 cm³/mol. The van der Waals surface area contributed by atoms with Crippen LogP contribution in [0.5, 0.6) is 0 Å². The van der Waals surface area contributed by atoms with Gasteiger partial charge >= 0.3 is 5.97 Å². The van der Waals surface area contributed by atoms with E-state index in [2.05, 4.69) is 5.16 Å². The third-order valence-corrected chi connectivity index (χ3v) is 3.54. The van der Waals surface area contributed by atoms with Gasteiger partial charge in [-0.1, -0.05) is 12.1 Å². The van der Waals surface area contributed by atoms with Crippen LogP contribution in [-0.4, -0.2) is 40.1 Å². The van der Waals surface area contributed by atoms with E-state index in [1.165, 1.54) is 0 Å². The molecule has 2 heterocycles. The van der Waals surface area contributed by atoms with Gasteiger partial charge in [0.2, 0.25) is 0 Å². The molecule has 6 nitrogen and oxygen atoms in total. The first-order valence-corrected chi connectivity index (χ1v) is 6.35. The van der Waals surface area contributed by atoms with Crippen molar-refractivity contribution < 1.29 is 19.2 Å². The van der Waals surface area contributed by atoms with Crippen molar-refractivity contribution in [1.82, 2.24) is 10.1 Å². The first kappa shape index (κ1) is 13.6. The predicted octanol–water partition coefficient (Wildman–Crippen LogP) is 1.47. The molecule has 0 radical (unpaired) electrons. The maximum Gasteiger partial charge on any atom is 0.308 e. The smallest absolute Gasteiger partial charge is 0.308 e. The van der Waals surface area contributed by atoms with Gasteiger partial charge in [-0.3, -0.25) is 9.59 Å². The highest BCUT2D eigenvalue weighted by atomic mass is 16.5. The van der Waals surface area contributed by atoms with Gasteiger partial charge in [0, 0.05) is 13.1 Å². The molecule has 1 saturated heterocycles. The van der Waals surface area contributed by atoms with Crippen molar-refractivity contribution in [3.63, 3.8) is 0 Å². The standard InChI is InChI=1S/C13H18N2O4/c1-7-4-10(13(17)18)6-15(5-7)12(16)11-8(2)14-19-9(11)3/h7,10H,4-6H2,1-3H3,(H,17,18).